The molecule has 0 saturated carbocycles. The standard InChI is InChI=1S/C26H32O4S.C2H5B/c1-24(2,23(29)31-7)19-15-11-12-16-20(19)26(5,6)30-22(28)25(3,4)21(27)17-18-13-9-8-10-14-18;1-2-3/h8-16H,17H2,1-7H3;2H2,1H3. The number of benzene rings is 2. The van der Waals surface area contributed by atoms with Gasteiger partial charge in [-0.1, -0.05) is 79.6 Å². The molecule has 0 N–H and O–H groups in total. The number of esters is 1. The molecule has 2 aromatic rings. The Labute approximate surface area is 210 Å². The summed E-state index contributed by atoms with van der Waals surface area (Å²) in [7, 11) is 4.85. The Morgan fingerprint density at radius 2 is 1.32 bits per heavy atom. The molecule has 0 atom stereocenters. The molecule has 6 heteroatoms. The molecule has 0 aliphatic rings. The summed E-state index contributed by atoms with van der Waals surface area (Å²) in [6.07, 6.45) is 2.67. The molecule has 0 heterocycles. The van der Waals surface area contributed by atoms with E-state index in [1.165, 1.54) is 11.8 Å². The van der Waals surface area contributed by atoms with Crippen LogP contribution in [-0.4, -0.2) is 31.0 Å². The zero-order chi connectivity index (χ0) is 26.2. The van der Waals surface area contributed by atoms with Gasteiger partial charge in [0.15, 0.2) is 10.9 Å². The van der Waals surface area contributed by atoms with Gasteiger partial charge in [0.1, 0.15) is 11.0 Å². The molecule has 34 heavy (non-hydrogen) atoms. The second kappa shape index (κ2) is 12.4. The van der Waals surface area contributed by atoms with Crippen LogP contribution < -0.4 is 0 Å². The second-order valence-corrected chi connectivity index (χ2v) is 10.5. The second-order valence-electron chi connectivity index (χ2n) is 9.68. The Kier molecular flexibility index (Phi) is 10.8. The quantitative estimate of drug-likeness (QED) is 0.261. The highest BCUT2D eigenvalue weighted by Crippen LogP contribution is 2.38. The van der Waals surface area contributed by atoms with E-state index in [4.69, 9.17) is 12.6 Å². The Hall–Kier alpha value is -2.34. The fourth-order valence-corrected chi connectivity index (χ4v) is 4.07. The third kappa shape index (κ3) is 7.33. The minimum Gasteiger partial charge on any atom is -0.454 e. The number of carbonyl (C=O) groups is 3. The summed E-state index contributed by atoms with van der Waals surface area (Å²) in [5.41, 5.74) is -0.656. The number of thioether (sulfide) groups is 1. The molecule has 2 radical (unpaired) electrons. The average Bonchev–Trinajstić information content (AvgIpc) is 2.79. The van der Waals surface area contributed by atoms with Crippen LogP contribution in [0, 0.1) is 5.41 Å². The molecule has 2 aromatic carbocycles. The minimum atomic E-state index is -1.30. The summed E-state index contributed by atoms with van der Waals surface area (Å²) in [4.78, 5) is 38.6. The Bertz CT molecular complexity index is 981. The zero-order valence-electron chi connectivity index (χ0n) is 21.7. The van der Waals surface area contributed by atoms with Crippen LogP contribution in [0.1, 0.15) is 65.2 Å². The highest BCUT2D eigenvalue weighted by Gasteiger charge is 2.42. The van der Waals surface area contributed by atoms with Crippen molar-refractivity contribution in [3.63, 3.8) is 0 Å². The molecule has 0 unspecified atom stereocenters. The molecule has 2 rings (SSSR count). The summed E-state index contributed by atoms with van der Waals surface area (Å²) in [6.45, 7) is 12.4. The van der Waals surface area contributed by atoms with E-state index in [2.05, 4.69) is 0 Å². The molecule has 0 saturated heterocycles. The van der Waals surface area contributed by atoms with Gasteiger partial charge >= 0.3 is 5.97 Å². The lowest BCUT2D eigenvalue weighted by Crippen LogP contribution is -2.41. The lowest BCUT2D eigenvalue weighted by Gasteiger charge is -2.35. The van der Waals surface area contributed by atoms with E-state index < -0.39 is 22.4 Å². The van der Waals surface area contributed by atoms with E-state index in [1.807, 2.05) is 75.4 Å². The van der Waals surface area contributed by atoms with Gasteiger partial charge in [-0.05, 0) is 64.5 Å². The summed E-state index contributed by atoms with van der Waals surface area (Å²) in [6, 6.07) is 16.9. The first-order valence-corrected chi connectivity index (χ1v) is 12.7. The van der Waals surface area contributed by atoms with Crippen molar-refractivity contribution in [1.29, 1.82) is 0 Å². The van der Waals surface area contributed by atoms with Crippen LogP contribution in [0.2, 0.25) is 6.32 Å². The third-order valence-corrected chi connectivity index (χ3v) is 6.59. The number of rotatable bonds is 8. The van der Waals surface area contributed by atoms with Crippen molar-refractivity contribution >= 4 is 36.5 Å². The normalized spacial score (nSPS) is 11.8. The van der Waals surface area contributed by atoms with Gasteiger partial charge in [-0.25, -0.2) is 0 Å². The topological polar surface area (TPSA) is 60.4 Å². The van der Waals surface area contributed by atoms with Crippen molar-refractivity contribution in [2.45, 2.75) is 72.2 Å². The molecule has 0 spiro atoms. The lowest BCUT2D eigenvalue weighted by molar-refractivity contribution is -0.170. The van der Waals surface area contributed by atoms with Crippen LogP contribution in [0.4, 0.5) is 0 Å². The fourth-order valence-electron chi connectivity index (χ4n) is 3.45. The SMILES string of the molecule is CSC(=O)C(C)(C)c1ccccc1C(C)(C)OC(=O)C(C)(C)C(=O)Cc1ccccc1.[B]CC. The number of ether oxygens (including phenoxy) is 1. The molecular formula is C28H37BO4S. The summed E-state index contributed by atoms with van der Waals surface area (Å²) >= 11 is 1.18. The summed E-state index contributed by atoms with van der Waals surface area (Å²) in [5.74, 6) is -0.784. The average molecular weight is 480 g/mol. The van der Waals surface area contributed by atoms with E-state index in [0.29, 0.717) is 0 Å². The summed E-state index contributed by atoms with van der Waals surface area (Å²) in [5, 5.41) is 0.0282. The van der Waals surface area contributed by atoms with E-state index in [-0.39, 0.29) is 17.3 Å². The molecule has 0 aliphatic heterocycles. The van der Waals surface area contributed by atoms with Crippen molar-refractivity contribution in [3.05, 3.63) is 71.3 Å². The molecule has 4 nitrogen and oxygen atoms in total. The van der Waals surface area contributed by atoms with Crippen LogP contribution in [0.5, 0.6) is 0 Å². The maximum absolute atomic E-state index is 13.1. The molecule has 0 fully saturated rings. The van der Waals surface area contributed by atoms with Crippen LogP contribution in [0.25, 0.3) is 0 Å². The first kappa shape index (κ1) is 29.7. The lowest BCUT2D eigenvalue weighted by atomic mass is 9.78. The van der Waals surface area contributed by atoms with Gasteiger partial charge in [0.05, 0.1) is 13.3 Å². The van der Waals surface area contributed by atoms with Crippen LogP contribution in [-0.2, 0) is 36.6 Å². The smallest absolute Gasteiger partial charge is 0.319 e. The van der Waals surface area contributed by atoms with Gasteiger partial charge in [0, 0.05) is 6.42 Å². The highest BCUT2D eigenvalue weighted by molar-refractivity contribution is 8.13. The van der Waals surface area contributed by atoms with Gasteiger partial charge < -0.3 is 4.74 Å². The van der Waals surface area contributed by atoms with Gasteiger partial charge in [0.2, 0.25) is 0 Å². The van der Waals surface area contributed by atoms with Crippen molar-refractivity contribution in [1.82, 2.24) is 0 Å². The largest absolute Gasteiger partial charge is 0.454 e. The maximum atomic E-state index is 13.1. The first-order valence-electron chi connectivity index (χ1n) is 11.4. The van der Waals surface area contributed by atoms with Crippen LogP contribution in [0.3, 0.4) is 0 Å². The van der Waals surface area contributed by atoms with Crippen LogP contribution >= 0.6 is 11.8 Å². The van der Waals surface area contributed by atoms with Crippen LogP contribution in [0.15, 0.2) is 54.6 Å². The van der Waals surface area contributed by atoms with Gasteiger partial charge in [0.25, 0.3) is 0 Å². The Balaban J connectivity index is 0.00000182. The Morgan fingerprint density at radius 3 is 1.82 bits per heavy atom. The molecular weight excluding hydrogens is 443 g/mol. The fraction of sp³-hybridized carbons (Fsp3) is 0.464. The predicted octanol–water partition coefficient (Wildman–Crippen LogP) is 6.06. The number of carbonyl (C=O) groups excluding carboxylic acids is 3. The maximum Gasteiger partial charge on any atom is 0.319 e. The highest BCUT2D eigenvalue weighted by atomic mass is 32.2. The number of hydrogen-bond acceptors (Lipinski definition) is 5. The zero-order valence-corrected chi connectivity index (χ0v) is 22.5. The molecule has 0 aromatic heterocycles. The summed E-state index contributed by atoms with van der Waals surface area (Å²) < 4.78 is 5.92. The van der Waals surface area contributed by atoms with E-state index >= 15 is 0 Å². The molecule has 0 amide bonds. The van der Waals surface area contributed by atoms with Gasteiger partial charge in [-0.3, -0.25) is 14.4 Å². The Morgan fingerprint density at radius 1 is 0.853 bits per heavy atom. The van der Waals surface area contributed by atoms with Crippen molar-refractivity contribution in [3.8, 4) is 0 Å². The molecule has 0 bridgehead atoms. The molecule has 182 valence electrons. The van der Waals surface area contributed by atoms with Gasteiger partial charge in [-0.15, -0.1) is 0 Å². The van der Waals surface area contributed by atoms with Gasteiger partial charge in [-0.2, -0.15) is 0 Å². The number of hydrogen-bond donors (Lipinski definition) is 0. The molecule has 0 aliphatic carbocycles. The predicted molar refractivity (Wildman–Crippen MR) is 142 cm³/mol. The van der Waals surface area contributed by atoms with E-state index in [0.717, 1.165) is 23.0 Å². The van der Waals surface area contributed by atoms with Crippen molar-refractivity contribution in [2.24, 2.45) is 5.41 Å². The van der Waals surface area contributed by atoms with Crippen molar-refractivity contribution < 1.29 is 19.1 Å². The first-order chi connectivity index (χ1) is 15.7. The van der Waals surface area contributed by atoms with Crippen molar-refractivity contribution in [2.75, 3.05) is 6.26 Å². The van der Waals surface area contributed by atoms with E-state index in [9.17, 15) is 14.4 Å². The minimum absolute atomic E-state index is 0.0282. The van der Waals surface area contributed by atoms with E-state index in [1.54, 1.807) is 34.0 Å². The third-order valence-electron chi connectivity index (χ3n) is 5.71. The monoisotopic (exact) mass is 480 g/mol. The number of Topliss-reactive ketones (excluding diaryl/α,β-unsaturated/α-hetero) is 1. The number of ketones is 1.